The number of hydrogen-bond donors (Lipinski definition) is 1. The molecule has 0 saturated carbocycles. The Morgan fingerprint density at radius 3 is 2.77 bits per heavy atom. The van der Waals surface area contributed by atoms with Crippen LogP contribution in [-0.2, 0) is 18.3 Å². The summed E-state index contributed by atoms with van der Waals surface area (Å²) in [5, 5.41) is 13.6. The van der Waals surface area contributed by atoms with Gasteiger partial charge in [0.2, 0.25) is 0 Å². The van der Waals surface area contributed by atoms with Crippen LogP contribution in [0.4, 0.5) is 0 Å². The zero-order valence-corrected chi connectivity index (χ0v) is 9.65. The number of thioether (sulfide) groups is 1. The number of rotatable bonds is 3. The number of carboxylic acid groups (broad SMARTS) is 1. The fourth-order valence-electron chi connectivity index (χ4n) is 0.972. The first-order valence-corrected chi connectivity index (χ1v) is 5.55. The molecule has 1 heterocycles. The van der Waals surface area contributed by atoms with E-state index in [4.69, 9.17) is 5.11 Å². The van der Waals surface area contributed by atoms with Crippen LogP contribution >= 0.6 is 27.7 Å². The Balaban J connectivity index is 3.05. The summed E-state index contributed by atoms with van der Waals surface area (Å²) < 4.78 is 2.37. The molecule has 0 aliphatic heterocycles. The molecule has 0 spiro atoms. The number of halogens is 1. The Kier molecular flexibility index (Phi) is 3.38. The first kappa shape index (κ1) is 10.6. The zero-order chi connectivity index (χ0) is 10.0. The lowest BCUT2D eigenvalue weighted by Crippen LogP contribution is -2.06. The van der Waals surface area contributed by atoms with Crippen LogP contribution in [-0.4, -0.2) is 27.1 Å². The standard InChI is InChI=1S/C7H9BrN2O2S/c1-10-4(3-5(11)12)6(8)7(9-10)13-2/h3H2,1-2H3,(H,11,12). The molecule has 0 aliphatic carbocycles. The third-order valence-corrected chi connectivity index (χ3v) is 3.35. The van der Waals surface area contributed by atoms with Crippen molar-refractivity contribution in [1.29, 1.82) is 0 Å². The Morgan fingerprint density at radius 1 is 1.77 bits per heavy atom. The highest BCUT2D eigenvalue weighted by molar-refractivity contribution is 9.10. The molecular weight excluding hydrogens is 256 g/mol. The molecule has 0 saturated heterocycles. The molecule has 13 heavy (non-hydrogen) atoms. The van der Waals surface area contributed by atoms with E-state index in [9.17, 15) is 4.79 Å². The van der Waals surface area contributed by atoms with Crippen molar-refractivity contribution in [2.45, 2.75) is 11.4 Å². The van der Waals surface area contributed by atoms with Crippen LogP contribution in [0, 0.1) is 0 Å². The van der Waals surface area contributed by atoms with E-state index in [2.05, 4.69) is 21.0 Å². The molecule has 1 N–H and O–H groups in total. The molecule has 0 unspecified atom stereocenters. The Hall–Kier alpha value is -0.490. The summed E-state index contributed by atoms with van der Waals surface area (Å²) >= 11 is 4.81. The number of aliphatic carboxylic acids is 1. The van der Waals surface area contributed by atoms with E-state index in [1.807, 2.05) is 6.26 Å². The maximum atomic E-state index is 10.5. The van der Waals surface area contributed by atoms with Gasteiger partial charge < -0.3 is 5.11 Å². The SMILES string of the molecule is CSc1nn(C)c(CC(=O)O)c1Br. The van der Waals surface area contributed by atoms with Gasteiger partial charge in [-0.15, -0.1) is 11.8 Å². The number of hydrogen-bond acceptors (Lipinski definition) is 3. The van der Waals surface area contributed by atoms with Crippen LogP contribution in [0.15, 0.2) is 9.50 Å². The van der Waals surface area contributed by atoms with Gasteiger partial charge in [-0.3, -0.25) is 9.48 Å². The van der Waals surface area contributed by atoms with Gasteiger partial charge in [0.1, 0.15) is 5.03 Å². The van der Waals surface area contributed by atoms with Crippen molar-refractivity contribution >= 4 is 33.7 Å². The van der Waals surface area contributed by atoms with Crippen molar-refractivity contribution < 1.29 is 9.90 Å². The first-order valence-electron chi connectivity index (χ1n) is 3.53. The molecule has 72 valence electrons. The van der Waals surface area contributed by atoms with Gasteiger partial charge in [-0.2, -0.15) is 5.10 Å². The van der Waals surface area contributed by atoms with Crippen molar-refractivity contribution in [3.63, 3.8) is 0 Å². The lowest BCUT2D eigenvalue weighted by Gasteiger charge is -1.97. The quantitative estimate of drug-likeness (QED) is 0.842. The average Bonchev–Trinajstić information content (AvgIpc) is 2.31. The predicted molar refractivity (Wildman–Crippen MR) is 54.0 cm³/mol. The lowest BCUT2D eigenvalue weighted by molar-refractivity contribution is -0.136. The summed E-state index contributed by atoms with van der Waals surface area (Å²) in [6.07, 6.45) is 1.89. The molecule has 1 aromatic rings. The maximum absolute atomic E-state index is 10.5. The smallest absolute Gasteiger partial charge is 0.309 e. The highest BCUT2D eigenvalue weighted by Crippen LogP contribution is 2.27. The lowest BCUT2D eigenvalue weighted by atomic mass is 10.3. The fourth-order valence-corrected chi connectivity index (χ4v) is 2.43. The molecule has 4 nitrogen and oxygen atoms in total. The van der Waals surface area contributed by atoms with Gasteiger partial charge >= 0.3 is 5.97 Å². The minimum absolute atomic E-state index is 0.00928. The molecule has 0 atom stereocenters. The first-order chi connectivity index (χ1) is 6.06. The highest BCUT2D eigenvalue weighted by atomic mass is 79.9. The maximum Gasteiger partial charge on any atom is 0.309 e. The van der Waals surface area contributed by atoms with E-state index in [-0.39, 0.29) is 6.42 Å². The molecule has 0 aliphatic rings. The van der Waals surface area contributed by atoms with Crippen molar-refractivity contribution in [2.24, 2.45) is 7.05 Å². The minimum atomic E-state index is -0.851. The van der Waals surface area contributed by atoms with Gasteiger partial charge in [0, 0.05) is 7.05 Å². The Morgan fingerprint density at radius 2 is 2.38 bits per heavy atom. The van der Waals surface area contributed by atoms with Gasteiger partial charge in [0.15, 0.2) is 0 Å². The summed E-state index contributed by atoms with van der Waals surface area (Å²) in [5.41, 5.74) is 0.692. The summed E-state index contributed by atoms with van der Waals surface area (Å²) in [5.74, 6) is -0.851. The summed E-state index contributed by atoms with van der Waals surface area (Å²) in [6.45, 7) is 0. The van der Waals surface area contributed by atoms with Crippen LogP contribution in [0.5, 0.6) is 0 Å². The van der Waals surface area contributed by atoms with Crippen molar-refractivity contribution in [3.8, 4) is 0 Å². The molecule has 6 heteroatoms. The van der Waals surface area contributed by atoms with Crippen molar-refractivity contribution in [2.75, 3.05) is 6.26 Å². The van der Waals surface area contributed by atoms with E-state index >= 15 is 0 Å². The molecule has 0 aromatic carbocycles. The largest absolute Gasteiger partial charge is 0.481 e. The molecule has 0 radical (unpaired) electrons. The molecule has 0 fully saturated rings. The molecule has 1 aromatic heterocycles. The highest BCUT2D eigenvalue weighted by Gasteiger charge is 2.15. The molecule has 0 bridgehead atoms. The number of carboxylic acids is 1. The predicted octanol–water partition coefficient (Wildman–Crippen LogP) is 1.53. The van der Waals surface area contributed by atoms with E-state index < -0.39 is 5.97 Å². The van der Waals surface area contributed by atoms with E-state index in [0.29, 0.717) is 5.69 Å². The minimum Gasteiger partial charge on any atom is -0.481 e. The second-order valence-electron chi connectivity index (χ2n) is 2.46. The van der Waals surface area contributed by atoms with Crippen LogP contribution in [0.1, 0.15) is 5.69 Å². The van der Waals surface area contributed by atoms with E-state index in [0.717, 1.165) is 9.50 Å². The molecular formula is C7H9BrN2O2S. The van der Waals surface area contributed by atoms with Gasteiger partial charge in [-0.1, -0.05) is 0 Å². The second-order valence-corrected chi connectivity index (χ2v) is 4.05. The molecule has 0 amide bonds. The van der Waals surface area contributed by atoms with Crippen LogP contribution < -0.4 is 0 Å². The van der Waals surface area contributed by atoms with Gasteiger partial charge in [-0.05, 0) is 22.2 Å². The second kappa shape index (κ2) is 4.15. The summed E-state index contributed by atoms with van der Waals surface area (Å²) in [6, 6.07) is 0. The van der Waals surface area contributed by atoms with Gasteiger partial charge in [-0.25, -0.2) is 0 Å². The normalized spacial score (nSPS) is 10.4. The average molecular weight is 265 g/mol. The summed E-state index contributed by atoms with van der Waals surface area (Å²) in [7, 11) is 1.74. The fraction of sp³-hybridized carbons (Fsp3) is 0.429. The number of aromatic nitrogens is 2. The van der Waals surface area contributed by atoms with Crippen molar-refractivity contribution in [3.05, 3.63) is 10.2 Å². The number of carbonyl (C=O) groups is 1. The third-order valence-electron chi connectivity index (χ3n) is 1.58. The Labute approximate surface area is 88.4 Å². The van der Waals surface area contributed by atoms with Gasteiger partial charge in [0.25, 0.3) is 0 Å². The van der Waals surface area contributed by atoms with Crippen LogP contribution in [0.3, 0.4) is 0 Å². The van der Waals surface area contributed by atoms with Crippen LogP contribution in [0.2, 0.25) is 0 Å². The number of nitrogens with zero attached hydrogens (tertiary/aromatic N) is 2. The third kappa shape index (κ3) is 2.25. The summed E-state index contributed by atoms with van der Waals surface area (Å²) in [4.78, 5) is 10.5. The molecule has 1 rings (SSSR count). The van der Waals surface area contributed by atoms with Crippen LogP contribution in [0.25, 0.3) is 0 Å². The van der Waals surface area contributed by atoms with Crippen molar-refractivity contribution in [1.82, 2.24) is 9.78 Å². The van der Waals surface area contributed by atoms with Gasteiger partial charge in [0.05, 0.1) is 16.6 Å². The number of aryl methyl sites for hydroxylation is 1. The zero-order valence-electron chi connectivity index (χ0n) is 7.24. The monoisotopic (exact) mass is 264 g/mol. The topological polar surface area (TPSA) is 55.1 Å². The van der Waals surface area contributed by atoms with E-state index in [1.54, 1.807) is 11.7 Å². The van der Waals surface area contributed by atoms with E-state index in [1.165, 1.54) is 11.8 Å². The Bertz CT molecular complexity index is 337.